The Morgan fingerprint density at radius 2 is 2.00 bits per heavy atom. The highest BCUT2D eigenvalue weighted by molar-refractivity contribution is 5.70. The first kappa shape index (κ1) is 8.69. The molecular weight excluding hydrogens is 178 g/mol. The largest absolute Gasteiger partial charge is 0.442 e. The molecule has 3 heteroatoms. The minimum atomic E-state index is 0.112. The van der Waals surface area contributed by atoms with Gasteiger partial charge in [0.05, 0.1) is 0 Å². The van der Waals surface area contributed by atoms with E-state index in [4.69, 9.17) is 4.42 Å². The summed E-state index contributed by atoms with van der Waals surface area (Å²) in [6.07, 6.45) is 2.08. The van der Waals surface area contributed by atoms with Gasteiger partial charge in [0, 0.05) is 5.56 Å². The summed E-state index contributed by atoms with van der Waals surface area (Å²) in [4.78, 5) is 14.3. The Kier molecular flexibility index (Phi) is 2.14. The van der Waals surface area contributed by atoms with Crippen molar-refractivity contribution in [3.8, 4) is 11.3 Å². The molecule has 0 unspecified atom stereocenters. The zero-order chi connectivity index (χ0) is 9.97. The van der Waals surface area contributed by atoms with Gasteiger partial charge in [-0.05, 0) is 6.92 Å². The Labute approximate surface area is 81.4 Å². The van der Waals surface area contributed by atoms with E-state index in [1.54, 1.807) is 0 Å². The van der Waals surface area contributed by atoms with Crippen LogP contribution in [0, 0.1) is 6.92 Å². The van der Waals surface area contributed by atoms with Crippen molar-refractivity contribution in [2.24, 2.45) is 0 Å². The highest BCUT2D eigenvalue weighted by atomic mass is 16.3. The molecule has 0 saturated heterocycles. The SMILES string of the molecule is Cc1ccc(-c2coc(C=O)n2)cc1. The van der Waals surface area contributed by atoms with Gasteiger partial charge in [0.25, 0.3) is 5.89 Å². The maximum absolute atomic E-state index is 10.3. The number of carbonyl (C=O) groups is 1. The fraction of sp³-hybridized carbons (Fsp3) is 0.0909. The zero-order valence-corrected chi connectivity index (χ0v) is 7.73. The van der Waals surface area contributed by atoms with Gasteiger partial charge in [-0.2, -0.15) is 0 Å². The van der Waals surface area contributed by atoms with Crippen LogP contribution >= 0.6 is 0 Å². The van der Waals surface area contributed by atoms with Gasteiger partial charge in [-0.15, -0.1) is 0 Å². The van der Waals surface area contributed by atoms with E-state index in [2.05, 4.69) is 4.98 Å². The maximum atomic E-state index is 10.3. The minimum Gasteiger partial charge on any atom is -0.442 e. The number of rotatable bonds is 2. The normalized spacial score (nSPS) is 10.1. The van der Waals surface area contributed by atoms with Crippen molar-refractivity contribution in [1.29, 1.82) is 0 Å². The topological polar surface area (TPSA) is 43.1 Å². The molecule has 14 heavy (non-hydrogen) atoms. The van der Waals surface area contributed by atoms with Crippen LogP contribution in [-0.2, 0) is 0 Å². The lowest BCUT2D eigenvalue weighted by atomic mass is 10.1. The van der Waals surface area contributed by atoms with Crippen molar-refractivity contribution in [2.75, 3.05) is 0 Å². The smallest absolute Gasteiger partial charge is 0.260 e. The molecule has 3 nitrogen and oxygen atoms in total. The maximum Gasteiger partial charge on any atom is 0.260 e. The summed E-state index contributed by atoms with van der Waals surface area (Å²) in [7, 11) is 0. The van der Waals surface area contributed by atoms with E-state index >= 15 is 0 Å². The van der Waals surface area contributed by atoms with Gasteiger partial charge in [0.15, 0.2) is 0 Å². The monoisotopic (exact) mass is 187 g/mol. The predicted molar refractivity (Wildman–Crippen MR) is 52.1 cm³/mol. The molecule has 0 atom stereocenters. The van der Waals surface area contributed by atoms with Crippen molar-refractivity contribution in [2.45, 2.75) is 6.92 Å². The molecule has 0 aliphatic heterocycles. The number of nitrogens with zero attached hydrogens (tertiary/aromatic N) is 1. The Hall–Kier alpha value is -1.90. The van der Waals surface area contributed by atoms with Crippen LogP contribution in [0.25, 0.3) is 11.3 Å². The molecule has 0 fully saturated rings. The molecule has 1 aromatic carbocycles. The third-order valence-corrected chi connectivity index (χ3v) is 1.97. The van der Waals surface area contributed by atoms with Gasteiger partial charge in [0.1, 0.15) is 12.0 Å². The third-order valence-electron chi connectivity index (χ3n) is 1.97. The summed E-state index contributed by atoms with van der Waals surface area (Å²) in [6.45, 7) is 2.02. The Bertz CT molecular complexity index is 443. The molecule has 0 N–H and O–H groups in total. The molecular formula is C11H9NO2. The number of hydrogen-bond donors (Lipinski definition) is 0. The van der Waals surface area contributed by atoms with Crippen LogP contribution in [0.5, 0.6) is 0 Å². The average Bonchev–Trinajstić information content (AvgIpc) is 2.67. The van der Waals surface area contributed by atoms with E-state index in [-0.39, 0.29) is 5.89 Å². The second-order valence-corrected chi connectivity index (χ2v) is 3.05. The average molecular weight is 187 g/mol. The number of aldehydes is 1. The number of benzene rings is 1. The number of hydrogen-bond acceptors (Lipinski definition) is 3. The van der Waals surface area contributed by atoms with Crippen molar-refractivity contribution >= 4 is 6.29 Å². The van der Waals surface area contributed by atoms with E-state index in [1.165, 1.54) is 11.8 Å². The van der Waals surface area contributed by atoms with Crippen LogP contribution in [0.15, 0.2) is 34.9 Å². The highest BCUT2D eigenvalue weighted by Crippen LogP contribution is 2.18. The lowest BCUT2D eigenvalue weighted by molar-refractivity contribution is 0.109. The fourth-order valence-electron chi connectivity index (χ4n) is 1.20. The van der Waals surface area contributed by atoms with E-state index in [1.807, 2.05) is 31.2 Å². The summed E-state index contributed by atoms with van der Waals surface area (Å²) in [5.74, 6) is 0.112. The van der Waals surface area contributed by atoms with Gasteiger partial charge in [-0.25, -0.2) is 4.98 Å². The van der Waals surface area contributed by atoms with Crippen LogP contribution in [-0.4, -0.2) is 11.3 Å². The first-order valence-electron chi connectivity index (χ1n) is 4.27. The number of oxazole rings is 1. The molecule has 70 valence electrons. The molecule has 0 spiro atoms. The molecule has 0 radical (unpaired) electrons. The molecule has 2 aromatic rings. The number of aryl methyl sites for hydroxylation is 1. The fourth-order valence-corrected chi connectivity index (χ4v) is 1.20. The van der Waals surface area contributed by atoms with E-state index in [9.17, 15) is 4.79 Å². The second-order valence-electron chi connectivity index (χ2n) is 3.05. The molecule has 0 aliphatic rings. The van der Waals surface area contributed by atoms with Crippen molar-refractivity contribution < 1.29 is 9.21 Å². The molecule has 0 saturated carbocycles. The van der Waals surface area contributed by atoms with Crippen LogP contribution in [0.4, 0.5) is 0 Å². The Morgan fingerprint density at radius 3 is 2.57 bits per heavy atom. The standard InChI is InChI=1S/C11H9NO2/c1-8-2-4-9(5-3-8)10-7-14-11(6-13)12-10/h2-7H,1H3. The van der Waals surface area contributed by atoms with Crippen LogP contribution in [0.2, 0.25) is 0 Å². The summed E-state index contributed by atoms with van der Waals surface area (Å²) in [5, 5.41) is 0. The van der Waals surface area contributed by atoms with Crippen LogP contribution < -0.4 is 0 Å². The molecule has 2 rings (SSSR count). The third kappa shape index (κ3) is 1.57. The molecule has 1 heterocycles. The van der Waals surface area contributed by atoms with E-state index in [0.717, 1.165) is 5.56 Å². The van der Waals surface area contributed by atoms with Crippen LogP contribution in [0.3, 0.4) is 0 Å². The molecule has 0 bridgehead atoms. The summed E-state index contributed by atoms with van der Waals surface area (Å²) >= 11 is 0. The quantitative estimate of drug-likeness (QED) is 0.678. The first-order chi connectivity index (χ1) is 6.79. The summed E-state index contributed by atoms with van der Waals surface area (Å²) in [6, 6.07) is 7.87. The molecule has 0 aliphatic carbocycles. The minimum absolute atomic E-state index is 0.112. The zero-order valence-electron chi connectivity index (χ0n) is 7.73. The number of carbonyl (C=O) groups excluding carboxylic acids is 1. The van der Waals surface area contributed by atoms with Gasteiger partial charge in [0.2, 0.25) is 6.29 Å². The molecule has 1 aromatic heterocycles. The van der Waals surface area contributed by atoms with Gasteiger partial charge in [-0.3, -0.25) is 4.79 Å². The summed E-state index contributed by atoms with van der Waals surface area (Å²) in [5.41, 5.74) is 2.83. The predicted octanol–water partition coefficient (Wildman–Crippen LogP) is 2.46. The first-order valence-corrected chi connectivity index (χ1v) is 4.27. The van der Waals surface area contributed by atoms with Gasteiger partial charge >= 0.3 is 0 Å². The Morgan fingerprint density at radius 1 is 1.29 bits per heavy atom. The number of aromatic nitrogens is 1. The van der Waals surface area contributed by atoms with E-state index in [0.29, 0.717) is 12.0 Å². The molecule has 0 amide bonds. The van der Waals surface area contributed by atoms with Gasteiger partial charge < -0.3 is 4.42 Å². The van der Waals surface area contributed by atoms with Crippen molar-refractivity contribution in [3.63, 3.8) is 0 Å². The van der Waals surface area contributed by atoms with Crippen molar-refractivity contribution in [3.05, 3.63) is 42.0 Å². The van der Waals surface area contributed by atoms with Crippen molar-refractivity contribution in [1.82, 2.24) is 4.98 Å². The second kappa shape index (κ2) is 3.46. The van der Waals surface area contributed by atoms with Gasteiger partial charge in [-0.1, -0.05) is 29.8 Å². The van der Waals surface area contributed by atoms with Crippen LogP contribution in [0.1, 0.15) is 16.2 Å². The Balaban J connectivity index is 2.39. The van der Waals surface area contributed by atoms with E-state index < -0.39 is 0 Å². The lowest BCUT2D eigenvalue weighted by Crippen LogP contribution is -1.80. The lowest BCUT2D eigenvalue weighted by Gasteiger charge is -1.95. The summed E-state index contributed by atoms with van der Waals surface area (Å²) < 4.78 is 4.92. The highest BCUT2D eigenvalue weighted by Gasteiger charge is 2.04.